The molecule has 0 spiro atoms. The summed E-state index contributed by atoms with van der Waals surface area (Å²) in [6, 6.07) is 1.27. The second-order valence-corrected chi connectivity index (χ2v) is 1.97. The van der Waals surface area contributed by atoms with Crippen molar-refractivity contribution in [2.75, 3.05) is 19.6 Å². The van der Waals surface area contributed by atoms with Gasteiger partial charge in [0, 0.05) is 28.4 Å². The summed E-state index contributed by atoms with van der Waals surface area (Å²) in [7, 11) is 0. The molecule has 0 aromatic rings. The summed E-state index contributed by atoms with van der Waals surface area (Å²) in [5, 5.41) is 14.4. The molecular weight excluding hydrogens is 150 g/mol. The van der Waals surface area contributed by atoms with Gasteiger partial charge in [-0.15, -0.1) is 12.4 Å². The van der Waals surface area contributed by atoms with Crippen molar-refractivity contribution in [1.82, 2.24) is 10.6 Å². The Bertz CT molecular complexity index is 174. The number of hydrogen-bond donors (Lipinski definition) is 2. The Morgan fingerprint density at radius 3 is 3.00 bits per heavy atom. The molecule has 1 aliphatic heterocycles. The van der Waals surface area contributed by atoms with Gasteiger partial charge in [0.05, 0.1) is 12.4 Å². The zero-order chi connectivity index (χ0) is 8.32. The van der Waals surface area contributed by atoms with Crippen molar-refractivity contribution in [3.8, 4) is 6.07 Å². The van der Waals surface area contributed by atoms with Crippen LogP contribution in [0.4, 0.5) is 0 Å². The van der Waals surface area contributed by atoms with Gasteiger partial charge in [0.1, 0.15) is 0 Å². The summed E-state index contributed by atoms with van der Waals surface area (Å²) in [5.41, 5.74) is 0. The van der Waals surface area contributed by atoms with E-state index in [-0.39, 0.29) is 18.4 Å². The first-order valence-corrected chi connectivity index (χ1v) is 3.02. The molecule has 0 radical (unpaired) electrons. The molecule has 0 amide bonds. The van der Waals surface area contributed by atoms with E-state index in [9.17, 15) is 0 Å². The van der Waals surface area contributed by atoms with Crippen LogP contribution in [0.3, 0.4) is 0 Å². The third-order valence-electron chi connectivity index (χ3n) is 1.28. The SMILES string of the molecule is Cl.[2H]C([2H])(C#N)C1CNCCN1. The van der Waals surface area contributed by atoms with E-state index in [2.05, 4.69) is 10.6 Å². The Hall–Kier alpha value is -0.300. The molecule has 0 aromatic heterocycles. The van der Waals surface area contributed by atoms with Gasteiger partial charge in [-0.05, 0) is 0 Å². The van der Waals surface area contributed by atoms with Gasteiger partial charge in [-0.3, -0.25) is 0 Å². The Kier molecular flexibility index (Phi) is 3.52. The van der Waals surface area contributed by atoms with Crippen molar-refractivity contribution < 1.29 is 2.74 Å². The maximum atomic E-state index is 8.45. The molecule has 3 nitrogen and oxygen atoms in total. The third-order valence-corrected chi connectivity index (χ3v) is 1.28. The standard InChI is InChI=1S/C6H11N3.ClH/c7-2-1-6-5-8-3-4-9-6;/h6,8-9H,1,3-5H2;1H/i1D2;. The number of rotatable bonds is 1. The van der Waals surface area contributed by atoms with E-state index in [1.807, 2.05) is 0 Å². The van der Waals surface area contributed by atoms with E-state index >= 15 is 0 Å². The van der Waals surface area contributed by atoms with Gasteiger partial charge >= 0.3 is 0 Å². The minimum absolute atomic E-state index is 0. The average molecular weight is 164 g/mol. The predicted octanol–water partition coefficient (Wildman–Crippen LogP) is -0.117. The fourth-order valence-corrected chi connectivity index (χ4v) is 0.833. The van der Waals surface area contributed by atoms with Gasteiger partial charge in [0.2, 0.25) is 0 Å². The minimum Gasteiger partial charge on any atom is -0.314 e. The highest BCUT2D eigenvalue weighted by atomic mass is 35.5. The molecule has 1 aliphatic rings. The van der Waals surface area contributed by atoms with Gasteiger partial charge in [0.25, 0.3) is 0 Å². The zero-order valence-electron chi connectivity index (χ0n) is 7.55. The van der Waals surface area contributed by atoms with Crippen molar-refractivity contribution in [2.45, 2.75) is 12.4 Å². The largest absolute Gasteiger partial charge is 0.314 e. The molecular formula is C6H12ClN3. The maximum Gasteiger partial charge on any atom is 0.0638 e. The van der Waals surface area contributed by atoms with Crippen molar-refractivity contribution in [3.63, 3.8) is 0 Å². The molecule has 58 valence electrons. The van der Waals surface area contributed by atoms with Gasteiger partial charge in [0.15, 0.2) is 0 Å². The highest BCUT2D eigenvalue weighted by molar-refractivity contribution is 5.85. The first-order chi connectivity index (χ1) is 5.17. The molecule has 0 aliphatic carbocycles. The third kappa shape index (κ3) is 3.02. The van der Waals surface area contributed by atoms with E-state index in [1.54, 1.807) is 6.07 Å². The second-order valence-electron chi connectivity index (χ2n) is 1.97. The fraction of sp³-hybridized carbons (Fsp3) is 0.833. The fourth-order valence-electron chi connectivity index (χ4n) is 0.833. The topological polar surface area (TPSA) is 47.9 Å². The van der Waals surface area contributed by atoms with Crippen LogP contribution < -0.4 is 10.6 Å². The van der Waals surface area contributed by atoms with Crippen molar-refractivity contribution in [3.05, 3.63) is 0 Å². The van der Waals surface area contributed by atoms with E-state index in [1.165, 1.54) is 0 Å². The molecule has 1 unspecified atom stereocenters. The van der Waals surface area contributed by atoms with E-state index in [0.717, 1.165) is 13.1 Å². The Balaban J connectivity index is 0.00000121. The van der Waals surface area contributed by atoms with Crippen molar-refractivity contribution >= 4 is 12.4 Å². The van der Waals surface area contributed by atoms with Crippen LogP contribution in [0.25, 0.3) is 0 Å². The van der Waals surface area contributed by atoms with Crippen molar-refractivity contribution in [2.24, 2.45) is 0 Å². The minimum atomic E-state index is -1.76. The monoisotopic (exact) mass is 163 g/mol. The lowest BCUT2D eigenvalue weighted by molar-refractivity contribution is 0.423. The maximum absolute atomic E-state index is 8.45. The average Bonchev–Trinajstić information content (AvgIpc) is 2.06. The van der Waals surface area contributed by atoms with Gasteiger partial charge in [-0.25, -0.2) is 0 Å². The summed E-state index contributed by atoms with van der Waals surface area (Å²) < 4.78 is 14.5. The zero-order valence-corrected chi connectivity index (χ0v) is 6.37. The molecule has 1 fully saturated rings. The molecule has 1 saturated heterocycles. The van der Waals surface area contributed by atoms with E-state index in [0.29, 0.717) is 6.54 Å². The van der Waals surface area contributed by atoms with E-state index < -0.39 is 6.37 Å². The smallest absolute Gasteiger partial charge is 0.0638 e. The molecule has 2 N–H and O–H groups in total. The Labute approximate surface area is 70.0 Å². The van der Waals surface area contributed by atoms with Crippen LogP contribution in [0.2, 0.25) is 0 Å². The van der Waals surface area contributed by atoms with Crippen LogP contribution in [0.5, 0.6) is 0 Å². The molecule has 1 atom stereocenters. The van der Waals surface area contributed by atoms with Crippen LogP contribution >= 0.6 is 12.4 Å². The van der Waals surface area contributed by atoms with E-state index in [4.69, 9.17) is 8.00 Å². The quantitative estimate of drug-likeness (QED) is 0.567. The number of nitriles is 1. The number of halogens is 1. The number of nitrogens with zero attached hydrogens (tertiary/aromatic N) is 1. The Morgan fingerprint density at radius 2 is 2.50 bits per heavy atom. The molecule has 0 bridgehead atoms. The normalized spacial score (nSPS) is 28.9. The molecule has 10 heavy (non-hydrogen) atoms. The Morgan fingerprint density at radius 1 is 1.70 bits per heavy atom. The predicted molar refractivity (Wildman–Crippen MR) is 42.1 cm³/mol. The number of nitrogens with one attached hydrogen (secondary N) is 2. The summed E-state index contributed by atoms with van der Waals surface area (Å²) >= 11 is 0. The summed E-state index contributed by atoms with van der Waals surface area (Å²) in [6.07, 6.45) is -1.76. The van der Waals surface area contributed by atoms with Crippen LogP contribution in [0, 0.1) is 11.3 Å². The summed E-state index contributed by atoms with van der Waals surface area (Å²) in [6.45, 7) is 2.10. The molecule has 1 heterocycles. The summed E-state index contributed by atoms with van der Waals surface area (Å²) in [4.78, 5) is 0. The number of hydrogen-bond acceptors (Lipinski definition) is 3. The van der Waals surface area contributed by atoms with Crippen LogP contribution in [-0.4, -0.2) is 25.7 Å². The first kappa shape index (κ1) is 6.41. The lowest BCUT2D eigenvalue weighted by Gasteiger charge is -2.21. The second kappa shape index (κ2) is 5.48. The number of piperazine rings is 1. The highest BCUT2D eigenvalue weighted by Gasteiger charge is 2.09. The lowest BCUT2D eigenvalue weighted by atomic mass is 10.2. The van der Waals surface area contributed by atoms with Crippen LogP contribution in [0.1, 0.15) is 9.11 Å². The lowest BCUT2D eigenvalue weighted by Crippen LogP contribution is -2.47. The summed E-state index contributed by atoms with van der Waals surface area (Å²) in [5.74, 6) is 0. The molecule has 4 heteroatoms. The van der Waals surface area contributed by atoms with Gasteiger partial charge < -0.3 is 10.6 Å². The molecule has 0 saturated carbocycles. The molecule has 0 aromatic carbocycles. The van der Waals surface area contributed by atoms with Crippen LogP contribution in [0.15, 0.2) is 0 Å². The molecule has 1 rings (SSSR count). The van der Waals surface area contributed by atoms with Crippen molar-refractivity contribution in [1.29, 1.82) is 5.26 Å². The highest BCUT2D eigenvalue weighted by Crippen LogP contribution is 1.90. The van der Waals surface area contributed by atoms with Gasteiger partial charge in [-0.2, -0.15) is 5.26 Å². The van der Waals surface area contributed by atoms with Crippen LogP contribution in [-0.2, 0) is 0 Å². The first-order valence-electron chi connectivity index (χ1n) is 4.02. The van der Waals surface area contributed by atoms with Gasteiger partial charge in [-0.1, -0.05) is 0 Å².